The maximum absolute atomic E-state index is 12.9. The first-order valence-corrected chi connectivity index (χ1v) is 8.13. The fraction of sp³-hybridized carbons (Fsp3) is 0.294. The van der Waals surface area contributed by atoms with Crippen molar-refractivity contribution in [1.82, 2.24) is 30.3 Å². The number of aliphatic hydroxyl groups is 1. The van der Waals surface area contributed by atoms with Crippen LogP contribution < -0.4 is 0 Å². The molecule has 8 heteroatoms. The van der Waals surface area contributed by atoms with Crippen LogP contribution in [0.1, 0.15) is 29.0 Å². The minimum absolute atomic E-state index is 0.115. The smallest absolute Gasteiger partial charge is 0.272 e. The molecule has 0 aromatic carbocycles. The summed E-state index contributed by atoms with van der Waals surface area (Å²) in [6, 6.07) is 5.46. The Morgan fingerprint density at radius 2 is 1.84 bits per heavy atom. The number of amides is 1. The zero-order valence-electron chi connectivity index (χ0n) is 13.5. The number of nitrogens with one attached hydrogen (secondary N) is 2. The maximum Gasteiger partial charge on any atom is 0.272 e. The third-order valence-electron chi connectivity index (χ3n) is 4.72. The zero-order chi connectivity index (χ0) is 17.3. The van der Waals surface area contributed by atoms with E-state index in [4.69, 9.17) is 0 Å². The Bertz CT molecular complexity index is 850. The number of likely N-dealkylation sites (tertiary alicyclic amines) is 1. The summed E-state index contributed by atoms with van der Waals surface area (Å²) < 4.78 is 0. The third-order valence-corrected chi connectivity index (χ3v) is 4.72. The quantitative estimate of drug-likeness (QED) is 0.667. The molecule has 4 rings (SSSR count). The van der Waals surface area contributed by atoms with Gasteiger partial charge in [-0.3, -0.25) is 20.0 Å². The van der Waals surface area contributed by atoms with Crippen LogP contribution in [0.3, 0.4) is 0 Å². The first-order valence-electron chi connectivity index (χ1n) is 8.13. The Balaban J connectivity index is 1.52. The topological polar surface area (TPSA) is 111 Å². The molecule has 128 valence electrons. The summed E-state index contributed by atoms with van der Waals surface area (Å²) in [4.78, 5) is 18.6. The van der Waals surface area contributed by atoms with Crippen molar-refractivity contribution in [3.63, 3.8) is 0 Å². The molecule has 0 unspecified atom stereocenters. The lowest BCUT2D eigenvalue weighted by Crippen LogP contribution is -2.45. The van der Waals surface area contributed by atoms with Crippen molar-refractivity contribution in [3.05, 3.63) is 54.4 Å². The molecule has 8 nitrogen and oxygen atoms in total. The summed E-state index contributed by atoms with van der Waals surface area (Å²) in [5.41, 5.74) is 1.83. The lowest BCUT2D eigenvalue weighted by molar-refractivity contribution is -0.0245. The highest BCUT2D eigenvalue weighted by atomic mass is 16.3. The lowest BCUT2D eigenvalue weighted by atomic mass is 9.88. The number of aromatic amines is 2. The Kier molecular flexibility index (Phi) is 3.81. The second-order valence-corrected chi connectivity index (χ2v) is 6.19. The Labute approximate surface area is 143 Å². The van der Waals surface area contributed by atoms with E-state index in [1.165, 1.54) is 0 Å². The molecular weight excluding hydrogens is 320 g/mol. The van der Waals surface area contributed by atoms with Crippen LogP contribution in [0.2, 0.25) is 0 Å². The fourth-order valence-corrected chi connectivity index (χ4v) is 3.22. The van der Waals surface area contributed by atoms with Gasteiger partial charge in [0.25, 0.3) is 5.91 Å². The van der Waals surface area contributed by atoms with Crippen LogP contribution in [-0.2, 0) is 5.60 Å². The normalized spacial score (nSPS) is 16.8. The molecular formula is C17H18N6O2. The average molecular weight is 338 g/mol. The van der Waals surface area contributed by atoms with E-state index < -0.39 is 5.60 Å². The monoisotopic (exact) mass is 338 g/mol. The SMILES string of the molecule is O=C(c1[nH]ncc1-c1ccncc1)N1CCC(O)(c2ccn[nH]2)CC1. The molecule has 1 saturated heterocycles. The van der Waals surface area contributed by atoms with Crippen LogP contribution >= 0.6 is 0 Å². The fourth-order valence-electron chi connectivity index (χ4n) is 3.22. The van der Waals surface area contributed by atoms with Gasteiger partial charge in [-0.25, -0.2) is 0 Å². The highest BCUT2D eigenvalue weighted by Gasteiger charge is 2.37. The molecule has 3 aromatic heterocycles. The molecule has 0 bridgehead atoms. The van der Waals surface area contributed by atoms with Crippen molar-refractivity contribution < 1.29 is 9.90 Å². The van der Waals surface area contributed by atoms with Crippen molar-refractivity contribution in [1.29, 1.82) is 0 Å². The van der Waals surface area contributed by atoms with E-state index in [1.807, 2.05) is 12.1 Å². The van der Waals surface area contributed by atoms with Gasteiger partial charge in [0.15, 0.2) is 0 Å². The lowest BCUT2D eigenvalue weighted by Gasteiger charge is -2.37. The van der Waals surface area contributed by atoms with E-state index in [1.54, 1.807) is 35.8 Å². The third kappa shape index (κ3) is 2.80. The molecule has 0 spiro atoms. The number of carbonyl (C=O) groups is 1. The van der Waals surface area contributed by atoms with Gasteiger partial charge in [-0.05, 0) is 36.6 Å². The highest BCUT2D eigenvalue weighted by Crippen LogP contribution is 2.32. The van der Waals surface area contributed by atoms with Gasteiger partial charge in [0.05, 0.1) is 11.9 Å². The molecule has 1 fully saturated rings. The molecule has 1 aliphatic heterocycles. The molecule has 1 aliphatic rings. The molecule has 0 saturated carbocycles. The Morgan fingerprint density at radius 1 is 1.08 bits per heavy atom. The predicted molar refractivity (Wildman–Crippen MR) is 89.4 cm³/mol. The summed E-state index contributed by atoms with van der Waals surface area (Å²) in [5.74, 6) is -0.115. The number of H-pyrrole nitrogens is 2. The van der Waals surface area contributed by atoms with Crippen LogP contribution in [0.5, 0.6) is 0 Å². The highest BCUT2D eigenvalue weighted by molar-refractivity contribution is 5.98. The summed E-state index contributed by atoms with van der Waals surface area (Å²) in [7, 11) is 0. The van der Waals surface area contributed by atoms with Crippen molar-refractivity contribution >= 4 is 5.91 Å². The van der Waals surface area contributed by atoms with E-state index in [0.717, 1.165) is 11.1 Å². The van der Waals surface area contributed by atoms with Gasteiger partial charge in [0.1, 0.15) is 11.3 Å². The molecule has 25 heavy (non-hydrogen) atoms. The predicted octanol–water partition coefficient (Wildman–Crippen LogP) is 1.32. The van der Waals surface area contributed by atoms with E-state index >= 15 is 0 Å². The molecule has 1 amide bonds. The van der Waals surface area contributed by atoms with Gasteiger partial charge < -0.3 is 10.0 Å². The number of carbonyl (C=O) groups excluding carboxylic acids is 1. The minimum atomic E-state index is -0.963. The van der Waals surface area contributed by atoms with Crippen LogP contribution in [0.4, 0.5) is 0 Å². The Hall–Kier alpha value is -3.00. The second kappa shape index (κ2) is 6.14. The molecule has 0 atom stereocenters. The van der Waals surface area contributed by atoms with Gasteiger partial charge in [-0.1, -0.05) is 0 Å². The van der Waals surface area contributed by atoms with Gasteiger partial charge in [0.2, 0.25) is 0 Å². The average Bonchev–Trinajstić information content (AvgIpc) is 3.35. The largest absolute Gasteiger partial charge is 0.383 e. The van der Waals surface area contributed by atoms with Gasteiger partial charge in [-0.15, -0.1) is 0 Å². The minimum Gasteiger partial charge on any atom is -0.383 e. The molecule has 3 aromatic rings. The van der Waals surface area contributed by atoms with E-state index in [2.05, 4.69) is 25.4 Å². The number of pyridine rings is 1. The summed E-state index contributed by atoms with van der Waals surface area (Å²) in [6.07, 6.45) is 7.55. The second-order valence-electron chi connectivity index (χ2n) is 6.19. The Morgan fingerprint density at radius 3 is 2.52 bits per heavy atom. The number of aromatic nitrogens is 5. The van der Waals surface area contributed by atoms with Crippen molar-refractivity contribution in [2.45, 2.75) is 18.4 Å². The number of piperidine rings is 1. The number of nitrogens with zero attached hydrogens (tertiary/aromatic N) is 4. The van der Waals surface area contributed by atoms with Crippen LogP contribution in [0, 0.1) is 0 Å². The summed E-state index contributed by atoms with van der Waals surface area (Å²) in [5, 5.41) is 24.3. The van der Waals surface area contributed by atoms with Crippen LogP contribution in [0.15, 0.2) is 43.0 Å². The van der Waals surface area contributed by atoms with Gasteiger partial charge in [-0.2, -0.15) is 10.2 Å². The zero-order valence-corrected chi connectivity index (χ0v) is 13.5. The summed E-state index contributed by atoms with van der Waals surface area (Å²) in [6.45, 7) is 0.923. The van der Waals surface area contributed by atoms with Crippen LogP contribution in [0.25, 0.3) is 11.1 Å². The standard InChI is InChI=1S/C17H18N6O2/c24-16(15-13(11-20-22-15)12-1-6-18-7-2-12)23-9-4-17(25,5-10-23)14-3-8-19-21-14/h1-3,6-8,11,25H,4-5,9-10H2,(H,19,21)(H,20,22). The van der Waals surface area contributed by atoms with E-state index in [-0.39, 0.29) is 5.91 Å². The first-order chi connectivity index (χ1) is 12.2. The van der Waals surface area contributed by atoms with E-state index in [9.17, 15) is 9.90 Å². The summed E-state index contributed by atoms with van der Waals surface area (Å²) >= 11 is 0. The van der Waals surface area contributed by atoms with Crippen molar-refractivity contribution in [2.75, 3.05) is 13.1 Å². The molecule has 0 aliphatic carbocycles. The van der Waals surface area contributed by atoms with Gasteiger partial charge >= 0.3 is 0 Å². The first kappa shape index (κ1) is 15.5. The number of hydrogen-bond donors (Lipinski definition) is 3. The van der Waals surface area contributed by atoms with Gasteiger partial charge in [0, 0.05) is 37.2 Å². The van der Waals surface area contributed by atoms with Crippen molar-refractivity contribution in [3.8, 4) is 11.1 Å². The van der Waals surface area contributed by atoms with E-state index in [0.29, 0.717) is 37.3 Å². The van der Waals surface area contributed by atoms with Crippen molar-refractivity contribution in [2.24, 2.45) is 0 Å². The number of rotatable bonds is 3. The molecule has 4 heterocycles. The molecule has 0 radical (unpaired) electrons. The maximum atomic E-state index is 12.9. The number of hydrogen-bond acceptors (Lipinski definition) is 5. The molecule has 3 N–H and O–H groups in total. The van der Waals surface area contributed by atoms with Crippen LogP contribution in [-0.4, -0.2) is 54.4 Å².